The molecule has 0 unspecified atom stereocenters. The quantitative estimate of drug-likeness (QED) is 0.685. The number of hydrogen-bond donors (Lipinski definition) is 3. The molecule has 1 saturated heterocycles. The number of carbonyl (C=O) groups excluding carboxylic acids is 2. The Bertz CT molecular complexity index is 514. The monoisotopic (exact) mass is 307 g/mol. The Hall–Kier alpha value is -2.35. The van der Waals surface area contributed by atoms with Gasteiger partial charge in [-0.15, -0.1) is 0 Å². The summed E-state index contributed by atoms with van der Waals surface area (Å²) in [5, 5.41) is 5.04. The molecule has 0 saturated carbocycles. The Morgan fingerprint density at radius 1 is 1.41 bits per heavy atom. The molecule has 0 aromatic carbocycles. The van der Waals surface area contributed by atoms with Gasteiger partial charge in [0.2, 0.25) is 5.91 Å². The van der Waals surface area contributed by atoms with Crippen molar-refractivity contribution in [2.45, 2.75) is 19.5 Å². The zero-order chi connectivity index (χ0) is 15.9. The van der Waals surface area contributed by atoms with E-state index >= 15 is 0 Å². The van der Waals surface area contributed by atoms with E-state index in [1.54, 1.807) is 13.1 Å². The number of urea groups is 1. The van der Waals surface area contributed by atoms with Crippen molar-refractivity contribution in [2.75, 3.05) is 31.2 Å². The van der Waals surface area contributed by atoms with E-state index in [1.165, 1.54) is 0 Å². The molecule has 0 aliphatic carbocycles. The highest BCUT2D eigenvalue weighted by Crippen LogP contribution is 2.12. The molecule has 8 heteroatoms. The van der Waals surface area contributed by atoms with E-state index in [1.807, 2.05) is 12.1 Å². The number of rotatable bonds is 5. The summed E-state index contributed by atoms with van der Waals surface area (Å²) in [6, 6.07) is 2.46. The molecule has 1 fully saturated rings. The topological polar surface area (TPSA) is 110 Å². The molecule has 0 radical (unpaired) electrons. The van der Waals surface area contributed by atoms with Crippen LogP contribution in [0.25, 0.3) is 0 Å². The first-order valence-corrected chi connectivity index (χ1v) is 7.17. The van der Waals surface area contributed by atoms with Crippen LogP contribution in [-0.2, 0) is 16.1 Å². The lowest BCUT2D eigenvalue weighted by Gasteiger charge is -2.27. The largest absolute Gasteiger partial charge is 0.378 e. The van der Waals surface area contributed by atoms with Crippen LogP contribution in [0.4, 0.5) is 10.6 Å². The third kappa shape index (κ3) is 4.59. The maximum atomic E-state index is 11.7. The molecule has 1 aromatic rings. The number of amides is 3. The van der Waals surface area contributed by atoms with Gasteiger partial charge in [0.1, 0.15) is 11.9 Å². The lowest BCUT2D eigenvalue weighted by molar-refractivity contribution is -0.122. The molecule has 22 heavy (non-hydrogen) atoms. The van der Waals surface area contributed by atoms with Gasteiger partial charge in [-0.25, -0.2) is 9.78 Å². The summed E-state index contributed by atoms with van der Waals surface area (Å²) < 4.78 is 5.30. The van der Waals surface area contributed by atoms with E-state index in [2.05, 4.69) is 20.5 Å². The summed E-state index contributed by atoms with van der Waals surface area (Å²) >= 11 is 0. The second kappa shape index (κ2) is 7.60. The van der Waals surface area contributed by atoms with Crippen molar-refractivity contribution < 1.29 is 14.3 Å². The molecule has 3 amide bonds. The molecular weight excluding hydrogens is 286 g/mol. The molecule has 4 N–H and O–H groups in total. The Labute approximate surface area is 129 Å². The van der Waals surface area contributed by atoms with Gasteiger partial charge in [-0.3, -0.25) is 4.79 Å². The number of carbonyl (C=O) groups is 2. The number of ether oxygens (including phenoxy) is 1. The van der Waals surface area contributed by atoms with Crippen LogP contribution in [0.5, 0.6) is 0 Å². The fourth-order valence-electron chi connectivity index (χ4n) is 2.12. The summed E-state index contributed by atoms with van der Waals surface area (Å²) in [5.74, 6) is 0.609. The first kappa shape index (κ1) is 16.0. The van der Waals surface area contributed by atoms with E-state index in [9.17, 15) is 9.59 Å². The average Bonchev–Trinajstić information content (AvgIpc) is 2.53. The van der Waals surface area contributed by atoms with Gasteiger partial charge in [0.15, 0.2) is 0 Å². The second-order valence-corrected chi connectivity index (χ2v) is 5.07. The van der Waals surface area contributed by atoms with Crippen LogP contribution in [0.1, 0.15) is 12.5 Å². The first-order valence-electron chi connectivity index (χ1n) is 7.17. The van der Waals surface area contributed by atoms with Gasteiger partial charge in [0.05, 0.1) is 13.2 Å². The lowest BCUT2D eigenvalue weighted by atomic mass is 10.2. The van der Waals surface area contributed by atoms with Crippen molar-refractivity contribution in [3.63, 3.8) is 0 Å². The fourth-order valence-corrected chi connectivity index (χ4v) is 2.12. The summed E-state index contributed by atoms with van der Waals surface area (Å²) in [6.45, 7) is 5.01. The van der Waals surface area contributed by atoms with E-state index in [4.69, 9.17) is 10.5 Å². The second-order valence-electron chi connectivity index (χ2n) is 5.07. The number of hydrogen-bond acceptors (Lipinski definition) is 5. The van der Waals surface area contributed by atoms with Crippen molar-refractivity contribution in [2.24, 2.45) is 5.73 Å². The van der Waals surface area contributed by atoms with Crippen LogP contribution >= 0.6 is 0 Å². The normalized spacial score (nSPS) is 16.0. The number of anilines is 1. The number of nitrogens with zero attached hydrogens (tertiary/aromatic N) is 2. The Kier molecular flexibility index (Phi) is 5.54. The highest BCUT2D eigenvalue weighted by molar-refractivity contribution is 5.86. The predicted molar refractivity (Wildman–Crippen MR) is 81.3 cm³/mol. The maximum absolute atomic E-state index is 11.7. The van der Waals surface area contributed by atoms with Crippen LogP contribution in [-0.4, -0.2) is 49.3 Å². The van der Waals surface area contributed by atoms with Crippen LogP contribution in [0.3, 0.4) is 0 Å². The van der Waals surface area contributed by atoms with Crippen molar-refractivity contribution in [3.8, 4) is 0 Å². The van der Waals surface area contributed by atoms with Crippen LogP contribution < -0.4 is 21.3 Å². The minimum Gasteiger partial charge on any atom is -0.378 e. The third-order valence-electron chi connectivity index (χ3n) is 3.36. The SMILES string of the molecule is C[C@H](NC(N)=O)C(=O)NCc1ccc(N2CCOCC2)nc1. The molecule has 8 nitrogen and oxygen atoms in total. The number of nitrogens with one attached hydrogen (secondary N) is 2. The molecular formula is C14H21N5O3. The Morgan fingerprint density at radius 3 is 2.73 bits per heavy atom. The highest BCUT2D eigenvalue weighted by Gasteiger charge is 2.14. The molecule has 1 aliphatic rings. The third-order valence-corrected chi connectivity index (χ3v) is 3.36. The smallest absolute Gasteiger partial charge is 0.312 e. The van der Waals surface area contributed by atoms with Crippen LogP contribution in [0, 0.1) is 0 Å². The lowest BCUT2D eigenvalue weighted by Crippen LogP contribution is -2.46. The van der Waals surface area contributed by atoms with Gasteiger partial charge in [-0.1, -0.05) is 6.07 Å². The number of pyridine rings is 1. The highest BCUT2D eigenvalue weighted by atomic mass is 16.5. The van der Waals surface area contributed by atoms with Crippen molar-refractivity contribution in [3.05, 3.63) is 23.9 Å². The molecule has 0 spiro atoms. The van der Waals surface area contributed by atoms with Gasteiger partial charge in [-0.2, -0.15) is 0 Å². The van der Waals surface area contributed by atoms with E-state index in [0.717, 1.165) is 24.5 Å². The standard InChI is InChI=1S/C14H21N5O3/c1-10(18-14(15)21)13(20)17-9-11-2-3-12(16-8-11)19-4-6-22-7-5-19/h2-3,8,10H,4-7,9H2,1H3,(H,17,20)(H3,15,18,21)/t10-/m0/s1. The summed E-state index contributed by atoms with van der Waals surface area (Å²) in [4.78, 5) is 29.0. The molecule has 120 valence electrons. The van der Waals surface area contributed by atoms with E-state index < -0.39 is 12.1 Å². The maximum Gasteiger partial charge on any atom is 0.312 e. The molecule has 1 aromatic heterocycles. The number of primary amides is 1. The van der Waals surface area contributed by atoms with Crippen molar-refractivity contribution >= 4 is 17.8 Å². The molecule has 1 aliphatic heterocycles. The van der Waals surface area contributed by atoms with E-state index in [-0.39, 0.29) is 5.91 Å². The minimum absolute atomic E-state index is 0.295. The van der Waals surface area contributed by atoms with E-state index in [0.29, 0.717) is 19.8 Å². The Balaban J connectivity index is 1.83. The first-order chi connectivity index (χ1) is 10.6. The summed E-state index contributed by atoms with van der Waals surface area (Å²) in [6.07, 6.45) is 1.73. The average molecular weight is 307 g/mol. The summed E-state index contributed by atoms with van der Waals surface area (Å²) in [7, 11) is 0. The van der Waals surface area contributed by atoms with Gasteiger partial charge in [-0.05, 0) is 18.6 Å². The van der Waals surface area contributed by atoms with Crippen LogP contribution in [0.15, 0.2) is 18.3 Å². The molecule has 0 bridgehead atoms. The van der Waals surface area contributed by atoms with Gasteiger partial charge < -0.3 is 26.0 Å². The zero-order valence-electron chi connectivity index (χ0n) is 12.5. The van der Waals surface area contributed by atoms with Crippen molar-refractivity contribution in [1.82, 2.24) is 15.6 Å². The number of aromatic nitrogens is 1. The molecule has 2 heterocycles. The predicted octanol–water partition coefficient (Wildman–Crippen LogP) is -0.409. The summed E-state index contributed by atoms with van der Waals surface area (Å²) in [5.41, 5.74) is 5.86. The minimum atomic E-state index is -0.723. The zero-order valence-corrected chi connectivity index (χ0v) is 12.5. The molecule has 1 atom stereocenters. The molecule has 2 rings (SSSR count). The van der Waals surface area contributed by atoms with Gasteiger partial charge >= 0.3 is 6.03 Å². The number of morpholine rings is 1. The number of nitrogens with two attached hydrogens (primary N) is 1. The fraction of sp³-hybridized carbons (Fsp3) is 0.500. The van der Waals surface area contributed by atoms with Gasteiger partial charge in [0.25, 0.3) is 0 Å². The van der Waals surface area contributed by atoms with Crippen LogP contribution in [0.2, 0.25) is 0 Å². The van der Waals surface area contributed by atoms with Gasteiger partial charge in [0, 0.05) is 25.8 Å². The van der Waals surface area contributed by atoms with Crippen molar-refractivity contribution in [1.29, 1.82) is 0 Å². The Morgan fingerprint density at radius 2 is 2.14 bits per heavy atom.